The van der Waals surface area contributed by atoms with Crippen molar-refractivity contribution in [2.75, 3.05) is 26.2 Å². The van der Waals surface area contributed by atoms with Gasteiger partial charge in [0.2, 0.25) is 0 Å². The Labute approximate surface area is 287 Å². The number of carboxylic acid groups (broad SMARTS) is 2. The summed E-state index contributed by atoms with van der Waals surface area (Å²) in [7, 11) is -10.8. The zero-order valence-corrected chi connectivity index (χ0v) is 29.7. The van der Waals surface area contributed by atoms with Gasteiger partial charge < -0.3 is 53.2 Å². The lowest BCUT2D eigenvalue weighted by Crippen LogP contribution is -2.56. The standard InChI is InChI=1S/C13H27BN4O6S.C12H25BN4O6S/c1-11(15)7-12(11,2)17-25(23,24)18-6-9(4-3-5-14(21)22)13(16,8-18)10(19)20;1-11(5-9(11)14)16-24(22,23)17-6-8(3-2-4-13(20)21)12(15,7-17)10(18)19/h9,17,21-22H,3-8,15-16H2,1-2H3,(H,19,20);8-9,16,20-21H,2-7,14-15H2,1H3,(H,18,19)/t9-,11-,12-,13-;8-,9-,11-,12-/m00/s1. The lowest BCUT2D eigenvalue weighted by molar-refractivity contribution is -0.145. The molecule has 16 N–H and O–H groups in total. The highest BCUT2D eigenvalue weighted by Crippen LogP contribution is 2.46. The quantitative estimate of drug-likeness (QED) is 0.0658. The molecule has 20 nitrogen and oxygen atoms in total. The van der Waals surface area contributed by atoms with E-state index >= 15 is 0 Å². The molecule has 0 aromatic carbocycles. The summed E-state index contributed by atoms with van der Waals surface area (Å²) in [6.45, 7) is 4.37. The Morgan fingerprint density at radius 3 is 1.41 bits per heavy atom. The van der Waals surface area contributed by atoms with E-state index in [9.17, 15) is 36.6 Å². The van der Waals surface area contributed by atoms with Gasteiger partial charge in [0.1, 0.15) is 11.1 Å². The summed E-state index contributed by atoms with van der Waals surface area (Å²) < 4.78 is 57.4. The average Bonchev–Trinajstić information content (AvgIpc) is 3.46. The van der Waals surface area contributed by atoms with Crippen molar-refractivity contribution in [2.45, 2.75) is 106 Å². The minimum Gasteiger partial charge on any atom is -0.480 e. The lowest BCUT2D eigenvalue weighted by atomic mass is 9.78. The first-order valence-corrected chi connectivity index (χ1v) is 18.9. The van der Waals surface area contributed by atoms with Crippen LogP contribution >= 0.6 is 0 Å². The molecule has 0 unspecified atom stereocenters. The van der Waals surface area contributed by atoms with E-state index in [1.54, 1.807) is 20.8 Å². The predicted molar refractivity (Wildman–Crippen MR) is 178 cm³/mol. The minimum absolute atomic E-state index is 0.0367. The van der Waals surface area contributed by atoms with Crippen molar-refractivity contribution in [1.29, 1.82) is 0 Å². The molecule has 24 heteroatoms. The van der Waals surface area contributed by atoms with Crippen LogP contribution in [0.5, 0.6) is 0 Å². The first-order valence-electron chi connectivity index (χ1n) is 16.0. The molecule has 8 atom stereocenters. The molecular formula is C25H52B2N8O12S2. The first kappa shape index (κ1) is 41.9. The minimum atomic E-state index is -3.94. The van der Waals surface area contributed by atoms with E-state index in [-0.39, 0.29) is 57.7 Å². The Morgan fingerprint density at radius 1 is 0.776 bits per heavy atom. The molecule has 49 heavy (non-hydrogen) atoms. The van der Waals surface area contributed by atoms with Gasteiger partial charge >= 0.3 is 26.2 Å². The monoisotopic (exact) mass is 742 g/mol. The third-order valence-corrected chi connectivity index (χ3v) is 13.9. The van der Waals surface area contributed by atoms with Gasteiger partial charge in [-0.3, -0.25) is 9.59 Å². The molecule has 2 heterocycles. The first-order chi connectivity index (χ1) is 22.1. The third kappa shape index (κ3) is 9.49. The van der Waals surface area contributed by atoms with Gasteiger partial charge in [0.15, 0.2) is 0 Å². The highest BCUT2D eigenvalue weighted by Gasteiger charge is 2.62. The van der Waals surface area contributed by atoms with Crippen molar-refractivity contribution in [2.24, 2.45) is 34.8 Å². The normalized spacial score (nSPS) is 37.7. The Morgan fingerprint density at radius 2 is 1.12 bits per heavy atom. The number of hydrogen-bond acceptors (Lipinski definition) is 14. The second-order valence-corrected chi connectivity index (χ2v) is 18.2. The van der Waals surface area contributed by atoms with Crippen molar-refractivity contribution in [1.82, 2.24) is 18.1 Å². The number of nitrogens with zero attached hydrogens (tertiary/aromatic N) is 2. The van der Waals surface area contributed by atoms with Crippen LogP contribution in [-0.4, -0.2) is 142 Å². The topological polar surface area (TPSA) is 358 Å². The molecule has 4 rings (SSSR count). The molecule has 2 saturated carbocycles. The van der Waals surface area contributed by atoms with Gasteiger partial charge in [-0.05, 0) is 59.1 Å². The van der Waals surface area contributed by atoms with Gasteiger partial charge in [-0.15, -0.1) is 0 Å². The van der Waals surface area contributed by atoms with Gasteiger partial charge in [0, 0.05) is 55.1 Å². The van der Waals surface area contributed by atoms with Crippen LogP contribution in [0.4, 0.5) is 0 Å². The number of nitrogens with two attached hydrogens (primary N) is 4. The predicted octanol–water partition coefficient (Wildman–Crippen LogP) is -5.06. The summed E-state index contributed by atoms with van der Waals surface area (Å²) in [5.41, 5.74) is 18.1. The Hall–Kier alpha value is -1.51. The number of hydrogen-bond donors (Lipinski definition) is 12. The maximum absolute atomic E-state index is 12.6. The number of carboxylic acids is 2. The maximum Gasteiger partial charge on any atom is 0.451 e. The van der Waals surface area contributed by atoms with E-state index in [1.807, 2.05) is 0 Å². The van der Waals surface area contributed by atoms with E-state index in [2.05, 4.69) is 9.44 Å². The van der Waals surface area contributed by atoms with Crippen molar-refractivity contribution in [3.05, 3.63) is 0 Å². The summed E-state index contributed by atoms with van der Waals surface area (Å²) >= 11 is 0. The number of aliphatic carboxylic acids is 2. The lowest BCUT2D eigenvalue weighted by Gasteiger charge is -2.25. The molecular weight excluding hydrogens is 690 g/mol. The molecule has 4 fully saturated rings. The van der Waals surface area contributed by atoms with Crippen LogP contribution in [0.1, 0.15) is 59.3 Å². The largest absolute Gasteiger partial charge is 0.480 e. The second-order valence-electron chi connectivity index (χ2n) is 14.9. The Kier molecular flexibility index (Phi) is 12.4. The van der Waals surface area contributed by atoms with E-state index < -0.39 is 86.1 Å². The fraction of sp³-hybridized carbons (Fsp3) is 0.920. The molecule has 0 radical (unpaired) electrons. The van der Waals surface area contributed by atoms with Crippen LogP contribution in [-0.2, 0) is 30.0 Å². The molecule has 2 aliphatic heterocycles. The summed E-state index contributed by atoms with van der Waals surface area (Å²) in [6.07, 6.45) is 2.36. The van der Waals surface area contributed by atoms with Crippen molar-refractivity contribution >= 4 is 46.6 Å². The van der Waals surface area contributed by atoms with Crippen LogP contribution in [0.3, 0.4) is 0 Å². The van der Waals surface area contributed by atoms with E-state index in [4.69, 9.17) is 43.0 Å². The van der Waals surface area contributed by atoms with Gasteiger partial charge in [0.05, 0.1) is 5.54 Å². The Balaban J connectivity index is 0.000000266. The van der Waals surface area contributed by atoms with Crippen LogP contribution in [0, 0.1) is 11.8 Å². The number of rotatable bonds is 16. The summed E-state index contributed by atoms with van der Waals surface area (Å²) in [4.78, 5) is 23.2. The molecule has 0 amide bonds. The van der Waals surface area contributed by atoms with Gasteiger partial charge in [-0.1, -0.05) is 12.8 Å². The van der Waals surface area contributed by atoms with Gasteiger partial charge in [0.25, 0.3) is 20.4 Å². The number of nitrogens with one attached hydrogen (secondary N) is 2. The van der Waals surface area contributed by atoms with Crippen molar-refractivity contribution in [3.8, 4) is 0 Å². The highest BCUT2D eigenvalue weighted by molar-refractivity contribution is 7.87. The molecule has 0 aromatic heterocycles. The third-order valence-electron chi connectivity index (χ3n) is 10.6. The second kappa shape index (κ2) is 14.5. The van der Waals surface area contributed by atoms with Crippen LogP contribution in [0.2, 0.25) is 12.6 Å². The molecule has 2 saturated heterocycles. The van der Waals surface area contributed by atoms with Crippen LogP contribution in [0.15, 0.2) is 0 Å². The molecule has 282 valence electrons. The zero-order chi connectivity index (χ0) is 37.6. The summed E-state index contributed by atoms with van der Waals surface area (Å²) in [5.74, 6) is -3.80. The SMILES string of the molecule is C[C@]1(N)C[C@]1(C)NS(=O)(=O)N1C[C@H](CCCB(O)O)[C@](N)(C(=O)O)C1.C[C@]1(NS(=O)(=O)N2C[C@H](CCCB(O)O)[C@](N)(C(=O)O)C2)C[C@@H]1N. The average molecular weight is 742 g/mol. The van der Waals surface area contributed by atoms with Crippen molar-refractivity contribution < 1.29 is 56.7 Å². The van der Waals surface area contributed by atoms with Gasteiger partial charge in [-0.2, -0.15) is 34.9 Å². The number of carbonyl (C=O) groups is 2. The summed E-state index contributed by atoms with van der Waals surface area (Å²) in [6, 6.07) is -0.265. The van der Waals surface area contributed by atoms with Crippen LogP contribution < -0.4 is 32.4 Å². The van der Waals surface area contributed by atoms with E-state index in [1.165, 1.54) is 0 Å². The molecule has 0 bridgehead atoms. The molecule has 2 aliphatic carbocycles. The Bertz CT molecular complexity index is 1460. The zero-order valence-electron chi connectivity index (χ0n) is 28.0. The molecule has 4 aliphatic rings. The van der Waals surface area contributed by atoms with E-state index in [0.717, 1.165) is 8.61 Å². The van der Waals surface area contributed by atoms with Gasteiger partial charge in [-0.25, -0.2) is 0 Å². The highest BCUT2D eigenvalue weighted by atomic mass is 32.2. The van der Waals surface area contributed by atoms with Crippen molar-refractivity contribution in [3.63, 3.8) is 0 Å². The van der Waals surface area contributed by atoms with Crippen LogP contribution in [0.25, 0.3) is 0 Å². The maximum atomic E-state index is 12.6. The fourth-order valence-electron chi connectivity index (χ4n) is 6.50. The molecule has 0 aromatic rings. The smallest absolute Gasteiger partial charge is 0.451 e. The van der Waals surface area contributed by atoms with E-state index in [0.29, 0.717) is 25.7 Å². The fourth-order valence-corrected chi connectivity index (χ4v) is 9.97. The summed E-state index contributed by atoms with van der Waals surface area (Å²) in [5, 5.41) is 54.5. The molecule has 0 spiro atoms.